The molecule has 2 aromatic rings. The summed E-state index contributed by atoms with van der Waals surface area (Å²) >= 11 is 6.53. The first-order valence-electron chi connectivity index (χ1n) is 5.95. The normalized spacial score (nSPS) is 9.85. The molecule has 1 aromatic heterocycles. The van der Waals surface area contributed by atoms with Gasteiger partial charge in [0.1, 0.15) is 4.88 Å². The highest BCUT2D eigenvalue weighted by Crippen LogP contribution is 2.22. The number of ether oxygens (including phenoxy) is 1. The maximum atomic E-state index is 11.5. The molecule has 20 heavy (non-hydrogen) atoms. The summed E-state index contributed by atoms with van der Waals surface area (Å²) in [5.74, 6) is -0.367. The molecule has 0 atom stereocenters. The number of hydrogen-bond acceptors (Lipinski definition) is 4. The number of carbonyl (C=O) groups excluding carboxylic acids is 1. The van der Waals surface area contributed by atoms with E-state index in [-0.39, 0.29) is 5.97 Å². The van der Waals surface area contributed by atoms with Crippen LogP contribution in [0.5, 0.6) is 0 Å². The fourth-order valence-electron chi connectivity index (χ4n) is 1.60. The number of rotatable bonds is 4. The Labute approximate surface area is 126 Å². The van der Waals surface area contributed by atoms with Gasteiger partial charge in [0.25, 0.3) is 0 Å². The number of thiophene rings is 1. The summed E-state index contributed by atoms with van der Waals surface area (Å²) in [4.78, 5) is 12.1. The lowest BCUT2D eigenvalue weighted by atomic mass is 10.2. The van der Waals surface area contributed by atoms with Crippen LogP contribution in [0.2, 0.25) is 0 Å². The third-order valence-electron chi connectivity index (χ3n) is 2.58. The Balaban J connectivity index is 1.92. The van der Waals surface area contributed by atoms with Gasteiger partial charge in [-0.25, -0.2) is 4.79 Å². The first-order chi connectivity index (χ1) is 9.70. The summed E-state index contributed by atoms with van der Waals surface area (Å²) in [5, 5.41) is 8.38. The van der Waals surface area contributed by atoms with Gasteiger partial charge < -0.3 is 15.4 Å². The zero-order valence-corrected chi connectivity index (χ0v) is 12.5. The molecule has 4 nitrogen and oxygen atoms in total. The van der Waals surface area contributed by atoms with Gasteiger partial charge in [-0.05, 0) is 29.2 Å². The highest BCUT2D eigenvalue weighted by atomic mass is 32.1. The van der Waals surface area contributed by atoms with Crippen molar-refractivity contribution in [1.29, 1.82) is 0 Å². The Kier molecular flexibility index (Phi) is 5.09. The third-order valence-corrected chi connectivity index (χ3v) is 3.72. The van der Waals surface area contributed by atoms with Crippen molar-refractivity contribution in [3.05, 3.63) is 52.2 Å². The van der Waals surface area contributed by atoms with Gasteiger partial charge in [0.2, 0.25) is 0 Å². The molecule has 0 aliphatic heterocycles. The molecule has 0 aliphatic rings. The number of carbonyl (C=O) groups is 1. The molecule has 0 unspecified atom stereocenters. The average Bonchev–Trinajstić information content (AvgIpc) is 2.93. The summed E-state index contributed by atoms with van der Waals surface area (Å²) in [6.07, 6.45) is 0. The first-order valence-corrected chi connectivity index (χ1v) is 7.24. The molecule has 0 bridgehead atoms. The summed E-state index contributed by atoms with van der Waals surface area (Å²) in [6, 6.07) is 11.7. The maximum absolute atomic E-state index is 11.5. The molecule has 0 spiro atoms. The highest BCUT2D eigenvalue weighted by molar-refractivity contribution is 7.80. The van der Waals surface area contributed by atoms with Crippen molar-refractivity contribution in [3.8, 4) is 0 Å². The molecule has 0 fully saturated rings. The van der Waals surface area contributed by atoms with Gasteiger partial charge in [-0.15, -0.1) is 11.3 Å². The van der Waals surface area contributed by atoms with Crippen LogP contribution in [-0.2, 0) is 11.3 Å². The Morgan fingerprint density at radius 2 is 2.05 bits per heavy atom. The van der Waals surface area contributed by atoms with E-state index in [0.29, 0.717) is 22.2 Å². The fourth-order valence-corrected chi connectivity index (χ4v) is 2.55. The van der Waals surface area contributed by atoms with Gasteiger partial charge in [0.05, 0.1) is 12.8 Å². The van der Waals surface area contributed by atoms with Crippen molar-refractivity contribution in [3.63, 3.8) is 0 Å². The van der Waals surface area contributed by atoms with Gasteiger partial charge >= 0.3 is 5.97 Å². The number of anilines is 1. The van der Waals surface area contributed by atoms with E-state index in [1.54, 1.807) is 6.07 Å². The number of esters is 1. The van der Waals surface area contributed by atoms with Crippen molar-refractivity contribution >= 4 is 40.3 Å². The minimum absolute atomic E-state index is 0.367. The molecule has 0 saturated heterocycles. The number of nitrogens with one attached hydrogen (secondary N) is 2. The van der Waals surface area contributed by atoms with E-state index in [9.17, 15) is 4.79 Å². The highest BCUT2D eigenvalue weighted by Gasteiger charge is 2.14. The van der Waals surface area contributed by atoms with E-state index in [2.05, 4.69) is 10.6 Å². The van der Waals surface area contributed by atoms with Crippen LogP contribution in [0.15, 0.2) is 41.8 Å². The Hall–Kier alpha value is -1.92. The van der Waals surface area contributed by atoms with Crippen molar-refractivity contribution in [2.45, 2.75) is 6.54 Å². The van der Waals surface area contributed by atoms with Gasteiger partial charge in [-0.1, -0.05) is 30.3 Å². The van der Waals surface area contributed by atoms with E-state index >= 15 is 0 Å². The van der Waals surface area contributed by atoms with Crippen LogP contribution < -0.4 is 10.6 Å². The Bertz CT molecular complexity index is 596. The topological polar surface area (TPSA) is 50.4 Å². The predicted octanol–water partition coefficient (Wildman–Crippen LogP) is 3.02. The van der Waals surface area contributed by atoms with Crippen LogP contribution in [0.1, 0.15) is 15.2 Å². The number of hydrogen-bond donors (Lipinski definition) is 2. The predicted molar refractivity (Wildman–Crippen MR) is 85.2 cm³/mol. The zero-order valence-electron chi connectivity index (χ0n) is 10.9. The van der Waals surface area contributed by atoms with E-state index in [1.807, 2.05) is 35.7 Å². The second kappa shape index (κ2) is 7.02. The molecule has 0 aliphatic carbocycles. The zero-order chi connectivity index (χ0) is 14.4. The van der Waals surface area contributed by atoms with Crippen LogP contribution in [0.3, 0.4) is 0 Å². The van der Waals surface area contributed by atoms with E-state index < -0.39 is 0 Å². The van der Waals surface area contributed by atoms with Crippen LogP contribution in [0, 0.1) is 0 Å². The molecule has 0 saturated carbocycles. The molecule has 0 amide bonds. The lowest BCUT2D eigenvalue weighted by Crippen LogP contribution is -2.28. The van der Waals surface area contributed by atoms with E-state index in [1.165, 1.54) is 18.4 Å². The second-order valence-electron chi connectivity index (χ2n) is 3.95. The molecule has 2 N–H and O–H groups in total. The summed E-state index contributed by atoms with van der Waals surface area (Å²) in [6.45, 7) is 0.629. The van der Waals surface area contributed by atoms with Crippen LogP contribution >= 0.6 is 23.6 Å². The molecule has 1 aromatic carbocycles. The summed E-state index contributed by atoms with van der Waals surface area (Å²) in [7, 11) is 1.36. The minimum Gasteiger partial charge on any atom is -0.465 e. The quantitative estimate of drug-likeness (QED) is 0.672. The van der Waals surface area contributed by atoms with Crippen molar-refractivity contribution < 1.29 is 9.53 Å². The lowest BCUT2D eigenvalue weighted by Gasteiger charge is -2.10. The Morgan fingerprint density at radius 3 is 2.75 bits per heavy atom. The van der Waals surface area contributed by atoms with Crippen LogP contribution in [0.4, 0.5) is 5.69 Å². The van der Waals surface area contributed by atoms with E-state index in [0.717, 1.165) is 5.56 Å². The van der Waals surface area contributed by atoms with Gasteiger partial charge in [0.15, 0.2) is 5.11 Å². The van der Waals surface area contributed by atoms with Gasteiger partial charge in [0, 0.05) is 6.54 Å². The number of benzene rings is 1. The molecule has 6 heteroatoms. The minimum atomic E-state index is -0.367. The van der Waals surface area contributed by atoms with Gasteiger partial charge in [-0.3, -0.25) is 0 Å². The lowest BCUT2D eigenvalue weighted by molar-refractivity contribution is 0.0607. The van der Waals surface area contributed by atoms with Crippen LogP contribution in [0.25, 0.3) is 0 Å². The SMILES string of the molecule is COC(=O)c1sccc1NC(=S)NCc1ccccc1. The Morgan fingerprint density at radius 1 is 1.30 bits per heavy atom. The monoisotopic (exact) mass is 306 g/mol. The van der Waals surface area contributed by atoms with Gasteiger partial charge in [-0.2, -0.15) is 0 Å². The molecule has 1 heterocycles. The van der Waals surface area contributed by atoms with Crippen molar-refractivity contribution in [2.75, 3.05) is 12.4 Å². The van der Waals surface area contributed by atoms with E-state index in [4.69, 9.17) is 17.0 Å². The smallest absolute Gasteiger partial charge is 0.350 e. The average molecular weight is 306 g/mol. The maximum Gasteiger partial charge on any atom is 0.350 e. The number of methoxy groups -OCH3 is 1. The first kappa shape index (κ1) is 14.5. The molecular formula is C14H14N2O2S2. The molecule has 2 rings (SSSR count). The largest absolute Gasteiger partial charge is 0.465 e. The summed E-state index contributed by atoms with van der Waals surface area (Å²) < 4.78 is 4.71. The number of thiocarbonyl (C=S) groups is 1. The molecular weight excluding hydrogens is 292 g/mol. The molecule has 104 valence electrons. The van der Waals surface area contributed by atoms with Crippen molar-refractivity contribution in [2.24, 2.45) is 0 Å². The van der Waals surface area contributed by atoms with Crippen LogP contribution in [-0.4, -0.2) is 18.2 Å². The van der Waals surface area contributed by atoms with Crippen molar-refractivity contribution in [1.82, 2.24) is 5.32 Å². The second-order valence-corrected chi connectivity index (χ2v) is 5.27. The standard InChI is InChI=1S/C14H14N2O2S2/c1-18-13(17)12-11(7-8-20-12)16-14(19)15-9-10-5-3-2-4-6-10/h2-8H,9H2,1H3,(H2,15,16,19). The summed E-state index contributed by atoms with van der Waals surface area (Å²) in [5.41, 5.74) is 1.79. The fraction of sp³-hybridized carbons (Fsp3) is 0.143. The third kappa shape index (κ3) is 3.79. The molecule has 0 radical (unpaired) electrons.